The van der Waals surface area contributed by atoms with Gasteiger partial charge in [-0.3, -0.25) is 0 Å². The molecule has 8 aromatic carbocycles. The molecular weight excluding hydrogens is 797 g/mol. The summed E-state index contributed by atoms with van der Waals surface area (Å²) >= 11 is 0. The lowest BCUT2D eigenvalue weighted by molar-refractivity contribution is 0.350. The highest BCUT2D eigenvalue weighted by molar-refractivity contribution is 5.92. The van der Waals surface area contributed by atoms with Crippen molar-refractivity contribution in [2.75, 3.05) is 0 Å². The Hall–Kier alpha value is -7.16. The van der Waals surface area contributed by atoms with E-state index < -0.39 is 0 Å². The van der Waals surface area contributed by atoms with Gasteiger partial charge < -0.3 is 0 Å². The number of hydrogen-bond acceptors (Lipinski definition) is 2. The second-order valence-electron chi connectivity index (χ2n) is 19.5. The molecule has 4 aliphatic carbocycles. The number of rotatable bonds is 6. The normalized spacial score (nSPS) is 16.1. The van der Waals surface area contributed by atoms with Crippen molar-refractivity contribution < 1.29 is 0 Å². The van der Waals surface area contributed by atoms with Crippen LogP contribution in [-0.4, -0.2) is 9.97 Å². The minimum absolute atomic E-state index is 0.100. The maximum absolute atomic E-state index is 5.20. The minimum Gasteiger partial charge on any atom is -0.228 e. The quantitative estimate of drug-likeness (QED) is 0.167. The van der Waals surface area contributed by atoms with Gasteiger partial charge in [0, 0.05) is 27.5 Å². The predicted octanol–water partition coefficient (Wildman–Crippen LogP) is 16.9. The monoisotopic (exact) mass is 848 g/mol. The first-order valence-electron chi connectivity index (χ1n) is 24.4. The molecule has 1 heterocycles. The molecule has 0 aliphatic heterocycles. The van der Waals surface area contributed by atoms with E-state index in [1.807, 2.05) is 6.07 Å². The van der Waals surface area contributed by atoms with Crippen LogP contribution in [-0.2, 0) is 10.8 Å². The van der Waals surface area contributed by atoms with Gasteiger partial charge in [-0.25, -0.2) is 9.97 Å². The van der Waals surface area contributed by atoms with Crippen LogP contribution in [0.2, 0.25) is 0 Å². The Morgan fingerprint density at radius 2 is 0.682 bits per heavy atom. The van der Waals surface area contributed by atoms with E-state index in [4.69, 9.17) is 9.97 Å². The number of benzene rings is 8. The summed E-state index contributed by atoms with van der Waals surface area (Å²) < 4.78 is 0. The highest BCUT2D eigenvalue weighted by Crippen LogP contribution is 2.62. The molecule has 2 fully saturated rings. The van der Waals surface area contributed by atoms with Gasteiger partial charge in [-0.1, -0.05) is 196 Å². The first-order chi connectivity index (χ1) is 32.6. The zero-order valence-corrected chi connectivity index (χ0v) is 37.4. The van der Waals surface area contributed by atoms with E-state index in [2.05, 4.69) is 188 Å². The molecule has 1 aromatic heterocycles. The predicted molar refractivity (Wildman–Crippen MR) is 273 cm³/mol. The van der Waals surface area contributed by atoms with Crippen LogP contribution >= 0.6 is 0 Å². The van der Waals surface area contributed by atoms with Crippen LogP contribution in [0.1, 0.15) is 86.5 Å². The van der Waals surface area contributed by atoms with Crippen LogP contribution < -0.4 is 0 Å². The van der Waals surface area contributed by atoms with Crippen LogP contribution in [0.5, 0.6) is 0 Å². The molecule has 0 radical (unpaired) electrons. The van der Waals surface area contributed by atoms with Crippen molar-refractivity contribution in [1.29, 1.82) is 0 Å². The summed E-state index contributed by atoms with van der Waals surface area (Å²) in [5.41, 5.74) is 24.8. The van der Waals surface area contributed by atoms with Crippen molar-refractivity contribution in [3.63, 3.8) is 0 Å². The highest BCUT2D eigenvalue weighted by atomic mass is 14.9. The number of hydrogen-bond donors (Lipinski definition) is 0. The van der Waals surface area contributed by atoms with Gasteiger partial charge >= 0.3 is 0 Å². The largest absolute Gasteiger partial charge is 0.228 e. The summed E-state index contributed by atoms with van der Waals surface area (Å²) in [5.74, 6) is 0.722. The van der Waals surface area contributed by atoms with Crippen LogP contribution in [0, 0.1) is 0 Å². The second-order valence-corrected chi connectivity index (χ2v) is 19.5. The van der Waals surface area contributed by atoms with Crippen LogP contribution in [0.3, 0.4) is 0 Å². The van der Waals surface area contributed by atoms with Crippen molar-refractivity contribution in [2.24, 2.45) is 0 Å². The molecule has 9 aromatic rings. The van der Waals surface area contributed by atoms with Gasteiger partial charge in [0.05, 0.1) is 11.4 Å². The van der Waals surface area contributed by atoms with Crippen molar-refractivity contribution >= 4 is 0 Å². The van der Waals surface area contributed by atoms with E-state index in [0.717, 1.165) is 33.9 Å². The second kappa shape index (κ2) is 15.8. The van der Waals surface area contributed by atoms with Gasteiger partial charge in [0.1, 0.15) is 0 Å². The molecule has 4 aliphatic rings. The number of aromatic nitrogens is 2. The Bertz CT molecular complexity index is 3300. The third kappa shape index (κ3) is 6.37. The molecule has 0 amide bonds. The summed E-state index contributed by atoms with van der Waals surface area (Å²) in [4.78, 5) is 10.3. The smallest absolute Gasteiger partial charge is 0.160 e. The summed E-state index contributed by atoms with van der Waals surface area (Å²) in [5, 5.41) is 0. The van der Waals surface area contributed by atoms with E-state index in [-0.39, 0.29) is 10.8 Å². The lowest BCUT2D eigenvalue weighted by Crippen LogP contribution is -2.29. The Kier molecular flexibility index (Phi) is 9.38. The van der Waals surface area contributed by atoms with E-state index in [0.29, 0.717) is 0 Å². The fourth-order valence-electron chi connectivity index (χ4n) is 12.7. The summed E-state index contributed by atoms with van der Waals surface area (Å²) in [6.07, 6.45) is 12.9. The molecule has 0 bridgehead atoms. The lowest BCUT2D eigenvalue weighted by Gasteiger charge is -2.37. The highest BCUT2D eigenvalue weighted by Gasteiger charge is 2.49. The van der Waals surface area contributed by atoms with Crippen molar-refractivity contribution in [1.82, 2.24) is 9.97 Å². The summed E-state index contributed by atoms with van der Waals surface area (Å²) in [6.45, 7) is 0. The lowest BCUT2D eigenvalue weighted by atomic mass is 9.66. The van der Waals surface area contributed by atoms with Crippen molar-refractivity contribution in [3.05, 3.63) is 216 Å². The third-order valence-corrected chi connectivity index (χ3v) is 15.9. The zero-order valence-electron chi connectivity index (χ0n) is 37.4. The molecule has 0 atom stereocenters. The van der Waals surface area contributed by atoms with Gasteiger partial charge in [0.2, 0.25) is 0 Å². The van der Waals surface area contributed by atoms with Crippen LogP contribution in [0.25, 0.3) is 89.5 Å². The zero-order chi connectivity index (χ0) is 43.7. The Labute approximate surface area is 389 Å². The number of nitrogens with zero attached hydrogens (tertiary/aromatic N) is 2. The average Bonchev–Trinajstić information content (AvgIpc) is 3.80. The average molecular weight is 849 g/mol. The van der Waals surface area contributed by atoms with E-state index >= 15 is 0 Å². The molecule has 2 saturated carbocycles. The van der Waals surface area contributed by atoms with Gasteiger partial charge in [-0.05, 0) is 140 Å². The molecular formula is C64H52N2. The molecule has 2 heteroatoms. The molecule has 2 nitrogen and oxygen atoms in total. The van der Waals surface area contributed by atoms with Gasteiger partial charge in [0.25, 0.3) is 0 Å². The molecule has 2 spiro atoms. The maximum Gasteiger partial charge on any atom is 0.160 e. The SMILES string of the molecule is c1ccc(-c2ccc(-c3cc(-c4cccc(-c5cccc(-c6ccc7c(c6)-c6cc8c(cc6C76CCCCC6)-c6ccccc6C86CCCCC6)c5)c4)nc(-c4ccccc4)n3)cc2)cc1. The molecule has 0 unspecified atom stereocenters. The molecule has 0 N–H and O–H groups in total. The van der Waals surface area contributed by atoms with Crippen molar-refractivity contribution in [2.45, 2.75) is 75.0 Å². The first-order valence-corrected chi connectivity index (χ1v) is 24.4. The summed E-state index contributed by atoms with van der Waals surface area (Å²) in [7, 11) is 0. The number of fused-ring (bicyclic) bond motifs is 10. The van der Waals surface area contributed by atoms with E-state index in [1.165, 1.54) is 120 Å². The van der Waals surface area contributed by atoms with Crippen molar-refractivity contribution in [3.8, 4) is 89.5 Å². The maximum atomic E-state index is 5.20. The Morgan fingerprint density at radius 1 is 0.258 bits per heavy atom. The first kappa shape index (κ1) is 39.2. The minimum atomic E-state index is 0.100. The Morgan fingerprint density at radius 3 is 1.32 bits per heavy atom. The fraction of sp³-hybridized carbons (Fsp3) is 0.188. The standard InChI is InChI=1S/C64H52N2/c1-5-17-43(18-6-1)44-27-29-45(30-28-44)60-42-61(66-62(65-60)46-19-7-2-8-20-46)51-24-16-23-49(38-51)47-21-15-22-48(37-47)50-31-32-57-53(39-50)55-41-58-54(40-59(55)64(57)35-13-4-14-36-64)52-25-9-10-26-56(52)63(58)33-11-3-12-34-63/h1-2,5-10,15-32,37-42H,3-4,11-14,33-36H2. The molecule has 66 heavy (non-hydrogen) atoms. The molecule has 0 saturated heterocycles. The van der Waals surface area contributed by atoms with Gasteiger partial charge in [0.15, 0.2) is 5.82 Å². The fourth-order valence-corrected chi connectivity index (χ4v) is 12.7. The Balaban J connectivity index is 0.878. The third-order valence-electron chi connectivity index (χ3n) is 15.9. The molecule has 13 rings (SSSR count). The van der Waals surface area contributed by atoms with E-state index in [1.54, 1.807) is 22.3 Å². The van der Waals surface area contributed by atoms with Crippen LogP contribution in [0.4, 0.5) is 0 Å². The van der Waals surface area contributed by atoms with Gasteiger partial charge in [-0.2, -0.15) is 0 Å². The molecule has 318 valence electrons. The van der Waals surface area contributed by atoms with E-state index in [9.17, 15) is 0 Å². The summed E-state index contributed by atoms with van der Waals surface area (Å²) in [6, 6.07) is 72.1. The topological polar surface area (TPSA) is 25.8 Å². The van der Waals surface area contributed by atoms with Crippen LogP contribution in [0.15, 0.2) is 194 Å². The van der Waals surface area contributed by atoms with Gasteiger partial charge in [-0.15, -0.1) is 0 Å².